The first-order valence-corrected chi connectivity index (χ1v) is 7.64. The van der Waals surface area contributed by atoms with E-state index in [1.807, 2.05) is 42.5 Å². The first kappa shape index (κ1) is 18.0. The van der Waals surface area contributed by atoms with Gasteiger partial charge in [-0.1, -0.05) is 61.2 Å². The van der Waals surface area contributed by atoms with Gasteiger partial charge in [-0.05, 0) is 23.1 Å². The number of hydrogen-bond acceptors (Lipinski definition) is 6. The molecule has 6 nitrogen and oxygen atoms in total. The average molecular weight is 324 g/mol. The third kappa shape index (κ3) is 4.82. The highest BCUT2D eigenvalue weighted by atomic mass is 15.8. The lowest BCUT2D eigenvalue weighted by molar-refractivity contribution is 0.140. The molecule has 0 aromatic heterocycles. The molecule has 0 aliphatic heterocycles. The lowest BCUT2D eigenvalue weighted by atomic mass is 9.98. The maximum absolute atomic E-state index is 8.27. The molecule has 0 aliphatic carbocycles. The summed E-state index contributed by atoms with van der Waals surface area (Å²) >= 11 is 0. The number of nitrogens with two attached hydrogens (primary N) is 2. The Morgan fingerprint density at radius 3 is 2.29 bits per heavy atom. The van der Waals surface area contributed by atoms with Crippen molar-refractivity contribution in [2.24, 2.45) is 11.6 Å². The highest BCUT2D eigenvalue weighted by Gasteiger charge is 2.14. The molecule has 2 aromatic rings. The van der Waals surface area contributed by atoms with Crippen LogP contribution in [0.2, 0.25) is 0 Å². The molecule has 0 saturated heterocycles. The van der Waals surface area contributed by atoms with Crippen molar-refractivity contribution >= 4 is 5.71 Å². The summed E-state index contributed by atoms with van der Waals surface area (Å²) in [7, 11) is 1.68. The van der Waals surface area contributed by atoms with Gasteiger partial charge in [0.05, 0.1) is 11.9 Å². The average Bonchev–Trinajstić information content (AvgIpc) is 2.61. The molecule has 7 N–H and O–H groups in total. The molecular formula is C18H24N6. The van der Waals surface area contributed by atoms with Crippen LogP contribution in [0.15, 0.2) is 66.7 Å². The minimum atomic E-state index is -0.609. The Labute approximate surface area is 142 Å². The summed E-state index contributed by atoms with van der Waals surface area (Å²) in [6.45, 7) is 3.90. The smallest absolute Gasteiger partial charge is 0.0969 e. The maximum Gasteiger partial charge on any atom is 0.0969 e. The van der Waals surface area contributed by atoms with Gasteiger partial charge in [-0.2, -0.15) is 10.7 Å². The summed E-state index contributed by atoms with van der Waals surface area (Å²) < 4.78 is 0. The van der Waals surface area contributed by atoms with E-state index in [0.29, 0.717) is 11.3 Å². The Morgan fingerprint density at radius 2 is 1.71 bits per heavy atom. The quantitative estimate of drug-likeness (QED) is 0.218. The molecule has 2 aromatic carbocycles. The van der Waals surface area contributed by atoms with Gasteiger partial charge in [-0.3, -0.25) is 11.3 Å². The second kappa shape index (κ2) is 8.49. The zero-order valence-corrected chi connectivity index (χ0v) is 13.8. The summed E-state index contributed by atoms with van der Waals surface area (Å²) in [5.74, 6) is 5.26. The van der Waals surface area contributed by atoms with Crippen molar-refractivity contribution in [2.45, 2.75) is 12.6 Å². The lowest BCUT2D eigenvalue weighted by Crippen LogP contribution is -2.56. The van der Waals surface area contributed by atoms with Crippen molar-refractivity contribution < 1.29 is 0 Å². The largest absolute Gasteiger partial charge is 0.311 e. The molecule has 2 rings (SSSR count). The second-order valence-corrected chi connectivity index (χ2v) is 5.55. The van der Waals surface area contributed by atoms with Gasteiger partial charge in [-0.25, -0.2) is 5.43 Å². The Balaban J connectivity index is 2.01. The van der Waals surface area contributed by atoms with Crippen LogP contribution in [0.25, 0.3) is 0 Å². The van der Waals surface area contributed by atoms with Crippen LogP contribution < -0.4 is 22.5 Å². The van der Waals surface area contributed by atoms with Crippen LogP contribution in [-0.2, 0) is 6.42 Å². The van der Waals surface area contributed by atoms with Crippen molar-refractivity contribution in [2.75, 3.05) is 7.05 Å². The summed E-state index contributed by atoms with van der Waals surface area (Å²) in [5.41, 5.74) is 15.2. The maximum atomic E-state index is 8.27. The van der Waals surface area contributed by atoms with Crippen LogP contribution >= 0.6 is 0 Å². The van der Waals surface area contributed by atoms with E-state index < -0.39 is 6.17 Å². The lowest BCUT2D eigenvalue weighted by Gasteiger charge is -2.23. The van der Waals surface area contributed by atoms with Gasteiger partial charge < -0.3 is 5.73 Å². The van der Waals surface area contributed by atoms with Crippen molar-refractivity contribution in [3.63, 3.8) is 0 Å². The molecule has 0 radical (unpaired) electrons. The van der Waals surface area contributed by atoms with E-state index in [1.165, 1.54) is 16.2 Å². The normalized spacial score (nSPS) is 12.2. The molecule has 0 saturated carbocycles. The van der Waals surface area contributed by atoms with Gasteiger partial charge >= 0.3 is 0 Å². The van der Waals surface area contributed by atoms with Crippen LogP contribution in [0, 0.1) is 5.41 Å². The molecule has 0 spiro atoms. The van der Waals surface area contributed by atoms with Gasteiger partial charge in [0.15, 0.2) is 0 Å². The Kier molecular flexibility index (Phi) is 6.36. The summed E-state index contributed by atoms with van der Waals surface area (Å²) in [6, 6.07) is 18.2. The SMILES string of the molecule is C=C(C(=N)c1ccc(Cc2ccccc2)cc1)C(N)NN(C)NN. The van der Waals surface area contributed by atoms with E-state index >= 15 is 0 Å². The van der Waals surface area contributed by atoms with Crippen LogP contribution in [0.4, 0.5) is 0 Å². The first-order chi connectivity index (χ1) is 11.5. The van der Waals surface area contributed by atoms with Gasteiger partial charge in [-0.15, -0.1) is 0 Å². The standard InChI is InChI=1S/C18H24N6/c1-13(18(20)22-24(2)23-21)17(19)16-10-8-15(9-11-16)12-14-6-4-3-5-7-14/h3-11,18-19,22-23H,1,12,20-21H2,2H3. The minimum absolute atomic E-state index is 0.298. The Bertz CT molecular complexity index is 680. The molecule has 126 valence electrons. The number of nitrogens with one attached hydrogen (secondary N) is 3. The van der Waals surface area contributed by atoms with E-state index in [2.05, 4.69) is 29.7 Å². The molecule has 0 aliphatic rings. The van der Waals surface area contributed by atoms with Crippen LogP contribution in [-0.4, -0.2) is 24.0 Å². The molecule has 1 atom stereocenters. The molecule has 0 bridgehead atoms. The van der Waals surface area contributed by atoms with Crippen molar-refractivity contribution in [1.82, 2.24) is 16.1 Å². The van der Waals surface area contributed by atoms with Crippen LogP contribution in [0.3, 0.4) is 0 Å². The Morgan fingerprint density at radius 1 is 1.12 bits per heavy atom. The van der Waals surface area contributed by atoms with E-state index in [4.69, 9.17) is 17.0 Å². The number of rotatable bonds is 8. The number of hydrogen-bond donors (Lipinski definition) is 5. The van der Waals surface area contributed by atoms with Crippen molar-refractivity contribution in [3.8, 4) is 0 Å². The summed E-state index contributed by atoms with van der Waals surface area (Å²) in [4.78, 5) is 0. The van der Waals surface area contributed by atoms with Gasteiger partial charge in [0.25, 0.3) is 0 Å². The van der Waals surface area contributed by atoms with Gasteiger partial charge in [0, 0.05) is 12.6 Å². The molecular weight excluding hydrogens is 300 g/mol. The summed E-state index contributed by atoms with van der Waals surface area (Å²) in [6.07, 6.45) is 0.256. The molecule has 24 heavy (non-hydrogen) atoms. The molecule has 0 amide bonds. The van der Waals surface area contributed by atoms with E-state index in [-0.39, 0.29) is 0 Å². The monoisotopic (exact) mass is 324 g/mol. The predicted octanol–water partition coefficient (Wildman–Crippen LogP) is 1.30. The minimum Gasteiger partial charge on any atom is -0.311 e. The zero-order valence-electron chi connectivity index (χ0n) is 13.8. The predicted molar refractivity (Wildman–Crippen MR) is 97.9 cm³/mol. The molecule has 6 heteroatoms. The van der Waals surface area contributed by atoms with Crippen molar-refractivity contribution in [3.05, 3.63) is 83.4 Å². The second-order valence-electron chi connectivity index (χ2n) is 5.55. The third-order valence-corrected chi connectivity index (χ3v) is 3.72. The fourth-order valence-electron chi connectivity index (χ4n) is 2.29. The van der Waals surface area contributed by atoms with Crippen LogP contribution in [0.5, 0.6) is 0 Å². The third-order valence-electron chi connectivity index (χ3n) is 3.72. The van der Waals surface area contributed by atoms with E-state index in [1.54, 1.807) is 7.05 Å². The van der Waals surface area contributed by atoms with E-state index in [9.17, 15) is 0 Å². The van der Waals surface area contributed by atoms with E-state index in [0.717, 1.165) is 12.0 Å². The van der Waals surface area contributed by atoms with Gasteiger partial charge in [0.1, 0.15) is 0 Å². The molecule has 1 unspecified atom stereocenters. The number of benzene rings is 2. The van der Waals surface area contributed by atoms with Crippen molar-refractivity contribution in [1.29, 1.82) is 5.41 Å². The van der Waals surface area contributed by atoms with Crippen LogP contribution in [0.1, 0.15) is 16.7 Å². The summed E-state index contributed by atoms with van der Waals surface area (Å²) in [5, 5.41) is 9.68. The number of nitrogens with zero attached hydrogens (tertiary/aromatic N) is 1. The fourth-order valence-corrected chi connectivity index (χ4v) is 2.29. The van der Waals surface area contributed by atoms with Gasteiger partial charge in [0.2, 0.25) is 0 Å². The Hall–Kier alpha value is -2.35. The molecule has 0 fully saturated rings. The molecule has 0 heterocycles. The number of hydrazine groups is 3. The fraction of sp³-hybridized carbons (Fsp3) is 0.167. The topological polar surface area (TPSA) is 103 Å². The zero-order chi connectivity index (χ0) is 17.5. The first-order valence-electron chi connectivity index (χ1n) is 7.64. The highest BCUT2D eigenvalue weighted by Crippen LogP contribution is 2.13. The highest BCUT2D eigenvalue weighted by molar-refractivity contribution is 6.10.